The van der Waals surface area contributed by atoms with Crippen LogP contribution in [0.4, 0.5) is 0 Å². The first kappa shape index (κ1) is 20.6. The van der Waals surface area contributed by atoms with Crippen LogP contribution >= 0.6 is 11.8 Å². The van der Waals surface area contributed by atoms with Crippen molar-refractivity contribution in [3.8, 4) is 5.75 Å². The first-order chi connectivity index (χ1) is 15.8. The number of nitrogens with one attached hydrogen (secondary N) is 1. The molecule has 2 fully saturated rings. The number of hydrogen-bond acceptors (Lipinski definition) is 7. The summed E-state index contributed by atoms with van der Waals surface area (Å²) in [5, 5.41) is 3.76. The Bertz CT molecular complexity index is 932. The van der Waals surface area contributed by atoms with Crippen molar-refractivity contribution < 1.29 is 4.74 Å². The predicted molar refractivity (Wildman–Crippen MR) is 129 cm³/mol. The minimum absolute atomic E-state index is 0.588. The number of pyridine rings is 1. The van der Waals surface area contributed by atoms with Crippen LogP contribution in [-0.2, 0) is 6.54 Å². The van der Waals surface area contributed by atoms with Crippen molar-refractivity contribution in [2.45, 2.75) is 42.8 Å². The standard InChI is InChI=1S/C25H33N5OS/c1-3-19-4-2-9-30-22(7-12-29(8-1)25(19)30)18-28-10-5-20(6-11-28)26-16-21-15-24-23(17-27-21)31-13-14-32-24/h1-4,15,17,20,22,26H,5-14,16,18H2. The molecular weight excluding hydrogens is 418 g/mol. The van der Waals surface area contributed by atoms with Crippen LogP contribution in [0.2, 0.25) is 0 Å². The van der Waals surface area contributed by atoms with Gasteiger partial charge in [-0.25, -0.2) is 0 Å². The third-order valence-electron chi connectivity index (χ3n) is 7.34. The lowest BCUT2D eigenvalue weighted by molar-refractivity contribution is 0.0755. The van der Waals surface area contributed by atoms with E-state index in [1.807, 2.05) is 18.0 Å². The Balaban J connectivity index is 1.00. The van der Waals surface area contributed by atoms with E-state index in [-0.39, 0.29) is 0 Å². The molecule has 1 atom stereocenters. The zero-order valence-corrected chi connectivity index (χ0v) is 19.5. The summed E-state index contributed by atoms with van der Waals surface area (Å²) in [6, 6.07) is 3.42. The van der Waals surface area contributed by atoms with Gasteiger partial charge < -0.3 is 24.8 Å². The summed E-state index contributed by atoms with van der Waals surface area (Å²) in [7, 11) is 0. The maximum Gasteiger partial charge on any atom is 0.151 e. The molecule has 7 heteroatoms. The molecule has 0 aliphatic carbocycles. The first-order valence-corrected chi connectivity index (χ1v) is 13.1. The highest BCUT2D eigenvalue weighted by Gasteiger charge is 2.34. The first-order valence-electron chi connectivity index (χ1n) is 12.1. The van der Waals surface area contributed by atoms with Gasteiger partial charge in [0.05, 0.1) is 23.4 Å². The SMILES string of the molecule is C1=CC2=C3N(C1)CCC(CN1CCC(NCc4cc5c(cn4)OCCS5)CC1)N3CC=C2. The molecule has 1 aromatic heterocycles. The lowest BCUT2D eigenvalue weighted by Gasteiger charge is -2.49. The van der Waals surface area contributed by atoms with Gasteiger partial charge in [0.25, 0.3) is 0 Å². The number of hydrogen-bond donors (Lipinski definition) is 1. The number of ether oxygens (including phenoxy) is 1. The van der Waals surface area contributed by atoms with Crippen LogP contribution in [0.5, 0.6) is 5.75 Å². The highest BCUT2D eigenvalue weighted by Crippen LogP contribution is 2.33. The summed E-state index contributed by atoms with van der Waals surface area (Å²) in [5.74, 6) is 3.45. The zero-order chi connectivity index (χ0) is 21.3. The summed E-state index contributed by atoms with van der Waals surface area (Å²) in [6.07, 6.45) is 14.8. The number of fused-ring (bicyclic) bond motifs is 1. The fraction of sp³-hybridized carbons (Fsp3) is 0.560. The van der Waals surface area contributed by atoms with Crippen molar-refractivity contribution >= 4 is 11.8 Å². The number of likely N-dealkylation sites (tertiary alicyclic amines) is 1. The van der Waals surface area contributed by atoms with Crippen molar-refractivity contribution in [2.75, 3.05) is 51.6 Å². The van der Waals surface area contributed by atoms with Crippen LogP contribution in [0.15, 0.2) is 52.9 Å². The second-order valence-electron chi connectivity index (χ2n) is 9.40. The van der Waals surface area contributed by atoms with Crippen LogP contribution in [0.1, 0.15) is 25.0 Å². The molecule has 6 rings (SSSR count). The summed E-state index contributed by atoms with van der Waals surface area (Å²) >= 11 is 1.88. The number of allylic oxidation sites excluding steroid dienone is 3. The van der Waals surface area contributed by atoms with E-state index in [0.29, 0.717) is 12.1 Å². The highest BCUT2D eigenvalue weighted by molar-refractivity contribution is 7.99. The van der Waals surface area contributed by atoms with E-state index in [9.17, 15) is 0 Å². The second-order valence-corrected chi connectivity index (χ2v) is 10.5. The fourth-order valence-corrected chi connectivity index (χ4v) is 6.49. The molecule has 1 aromatic rings. The van der Waals surface area contributed by atoms with Gasteiger partial charge in [0.15, 0.2) is 5.75 Å². The Labute approximate surface area is 195 Å². The van der Waals surface area contributed by atoms with Crippen molar-refractivity contribution in [1.82, 2.24) is 25.0 Å². The zero-order valence-electron chi connectivity index (χ0n) is 18.7. The van der Waals surface area contributed by atoms with Gasteiger partial charge in [-0.1, -0.05) is 24.3 Å². The Kier molecular flexibility index (Phi) is 5.88. The number of piperidine rings is 1. The third-order valence-corrected chi connectivity index (χ3v) is 8.34. The van der Waals surface area contributed by atoms with Gasteiger partial charge in [0.1, 0.15) is 5.82 Å². The van der Waals surface area contributed by atoms with Crippen LogP contribution in [0.3, 0.4) is 0 Å². The van der Waals surface area contributed by atoms with Gasteiger partial charge in [-0.05, 0) is 38.4 Å². The lowest BCUT2D eigenvalue weighted by Crippen LogP contribution is -2.55. The molecule has 6 nitrogen and oxygen atoms in total. The van der Waals surface area contributed by atoms with Gasteiger partial charge in [-0.15, -0.1) is 11.8 Å². The number of thioether (sulfide) groups is 1. The average molecular weight is 452 g/mol. The molecule has 32 heavy (non-hydrogen) atoms. The van der Waals surface area contributed by atoms with Gasteiger partial charge in [-0.3, -0.25) is 4.98 Å². The lowest BCUT2D eigenvalue weighted by atomic mass is 9.98. The number of aromatic nitrogens is 1. The van der Waals surface area contributed by atoms with Crippen LogP contribution in [0.25, 0.3) is 0 Å². The summed E-state index contributed by atoms with van der Waals surface area (Å²) in [5.41, 5.74) is 2.52. The van der Waals surface area contributed by atoms with E-state index in [4.69, 9.17) is 4.74 Å². The highest BCUT2D eigenvalue weighted by atomic mass is 32.2. The van der Waals surface area contributed by atoms with Gasteiger partial charge in [-0.2, -0.15) is 0 Å². The molecule has 0 bridgehead atoms. The van der Waals surface area contributed by atoms with Gasteiger partial charge in [0, 0.05) is 56.1 Å². The Hall–Kier alpha value is -1.96. The normalized spacial score (nSPS) is 25.6. The predicted octanol–water partition coefficient (Wildman–Crippen LogP) is 2.85. The topological polar surface area (TPSA) is 43.9 Å². The van der Waals surface area contributed by atoms with Gasteiger partial charge in [0.2, 0.25) is 0 Å². The molecular formula is C25H33N5OS. The smallest absolute Gasteiger partial charge is 0.151 e. The Morgan fingerprint density at radius 1 is 1.09 bits per heavy atom. The van der Waals surface area contributed by atoms with E-state index >= 15 is 0 Å². The average Bonchev–Trinajstić information content (AvgIpc) is 2.85. The molecule has 0 spiro atoms. The van der Waals surface area contributed by atoms with Gasteiger partial charge >= 0.3 is 0 Å². The Morgan fingerprint density at radius 2 is 1.97 bits per heavy atom. The number of nitrogens with zero attached hydrogens (tertiary/aromatic N) is 4. The van der Waals surface area contributed by atoms with Crippen LogP contribution in [0, 0.1) is 0 Å². The minimum Gasteiger partial charge on any atom is -0.490 e. The van der Waals surface area contributed by atoms with Crippen molar-refractivity contribution in [1.29, 1.82) is 0 Å². The van der Waals surface area contributed by atoms with Crippen molar-refractivity contribution in [3.63, 3.8) is 0 Å². The molecule has 6 heterocycles. The fourth-order valence-electron chi connectivity index (χ4n) is 5.63. The van der Waals surface area contributed by atoms with E-state index in [2.05, 4.69) is 55.4 Å². The molecule has 0 radical (unpaired) electrons. The number of rotatable bonds is 5. The van der Waals surface area contributed by atoms with E-state index in [1.165, 1.54) is 61.7 Å². The molecule has 0 amide bonds. The van der Waals surface area contributed by atoms with E-state index in [0.717, 1.165) is 43.4 Å². The van der Waals surface area contributed by atoms with Crippen LogP contribution in [-0.4, -0.2) is 83.4 Å². The molecule has 1 unspecified atom stereocenters. The maximum atomic E-state index is 5.68. The molecule has 0 aromatic carbocycles. The Morgan fingerprint density at radius 3 is 2.88 bits per heavy atom. The third kappa shape index (κ3) is 4.18. The molecule has 2 saturated heterocycles. The summed E-state index contributed by atoms with van der Waals surface area (Å²) < 4.78 is 5.68. The summed E-state index contributed by atoms with van der Waals surface area (Å²) in [6.45, 7) is 8.52. The summed E-state index contributed by atoms with van der Waals surface area (Å²) in [4.78, 5) is 13.8. The second kappa shape index (κ2) is 9.12. The minimum atomic E-state index is 0.588. The largest absolute Gasteiger partial charge is 0.490 e. The van der Waals surface area contributed by atoms with E-state index < -0.39 is 0 Å². The van der Waals surface area contributed by atoms with E-state index in [1.54, 1.807) is 0 Å². The molecule has 5 aliphatic rings. The molecule has 170 valence electrons. The monoisotopic (exact) mass is 451 g/mol. The quantitative estimate of drug-likeness (QED) is 0.739. The van der Waals surface area contributed by atoms with Crippen molar-refractivity contribution in [3.05, 3.63) is 53.7 Å². The van der Waals surface area contributed by atoms with Crippen molar-refractivity contribution in [2.24, 2.45) is 0 Å². The molecule has 1 N–H and O–H groups in total. The molecule has 0 saturated carbocycles. The van der Waals surface area contributed by atoms with Crippen LogP contribution < -0.4 is 10.1 Å². The molecule has 5 aliphatic heterocycles. The maximum absolute atomic E-state index is 5.68.